The van der Waals surface area contributed by atoms with E-state index in [1.165, 1.54) is 5.56 Å². The summed E-state index contributed by atoms with van der Waals surface area (Å²) in [6.07, 6.45) is -0.305. The van der Waals surface area contributed by atoms with Gasteiger partial charge in [0.15, 0.2) is 0 Å². The summed E-state index contributed by atoms with van der Waals surface area (Å²) in [5.74, 6) is 1.28. The van der Waals surface area contributed by atoms with Gasteiger partial charge < -0.3 is 15.2 Å². The van der Waals surface area contributed by atoms with Crippen LogP contribution in [0.25, 0.3) is 0 Å². The number of methoxy groups -OCH3 is 1. The summed E-state index contributed by atoms with van der Waals surface area (Å²) in [6, 6.07) is 8.46. The fourth-order valence-electron chi connectivity index (χ4n) is 1.73. The topological polar surface area (TPSA) is 41.5 Å². The zero-order chi connectivity index (χ0) is 12.8. The minimum Gasteiger partial charge on any atom is -0.497 e. The average Bonchev–Trinajstić information content (AvgIpc) is 2.35. The number of aliphatic hydroxyl groups excluding tert-OH is 1. The molecule has 1 aromatic carbocycles. The highest BCUT2D eigenvalue weighted by atomic mass is 16.5. The molecule has 1 rings (SSSR count). The van der Waals surface area contributed by atoms with Gasteiger partial charge in [0.1, 0.15) is 5.75 Å². The van der Waals surface area contributed by atoms with E-state index in [-0.39, 0.29) is 6.10 Å². The van der Waals surface area contributed by atoms with Gasteiger partial charge in [-0.05, 0) is 37.5 Å². The highest BCUT2D eigenvalue weighted by molar-refractivity contribution is 5.29. The summed E-state index contributed by atoms with van der Waals surface area (Å²) in [5.41, 5.74) is 1.27. The third kappa shape index (κ3) is 4.36. The largest absolute Gasteiger partial charge is 0.497 e. The SMILES string of the molecule is COc1ccc(C(C)C(C)NCC(C)O)cc1. The van der Waals surface area contributed by atoms with Crippen molar-refractivity contribution in [2.24, 2.45) is 0 Å². The highest BCUT2D eigenvalue weighted by Gasteiger charge is 2.14. The summed E-state index contributed by atoms with van der Waals surface area (Å²) in [7, 11) is 1.67. The Labute approximate surface area is 104 Å². The van der Waals surface area contributed by atoms with Crippen molar-refractivity contribution in [1.82, 2.24) is 5.32 Å². The van der Waals surface area contributed by atoms with Crippen molar-refractivity contribution >= 4 is 0 Å². The summed E-state index contributed by atoms with van der Waals surface area (Å²) in [6.45, 7) is 6.73. The van der Waals surface area contributed by atoms with E-state index in [4.69, 9.17) is 4.74 Å². The van der Waals surface area contributed by atoms with E-state index in [0.29, 0.717) is 18.5 Å². The van der Waals surface area contributed by atoms with E-state index in [0.717, 1.165) is 5.75 Å². The van der Waals surface area contributed by atoms with Crippen LogP contribution in [0.4, 0.5) is 0 Å². The van der Waals surface area contributed by atoms with Gasteiger partial charge in [-0.3, -0.25) is 0 Å². The van der Waals surface area contributed by atoms with Crippen LogP contribution in [-0.2, 0) is 0 Å². The Morgan fingerprint density at radius 2 is 1.76 bits per heavy atom. The second kappa shape index (κ2) is 6.62. The van der Waals surface area contributed by atoms with Gasteiger partial charge in [0.2, 0.25) is 0 Å². The maximum Gasteiger partial charge on any atom is 0.118 e. The van der Waals surface area contributed by atoms with Crippen molar-refractivity contribution in [2.45, 2.75) is 38.8 Å². The molecular formula is C14H23NO2. The zero-order valence-electron chi connectivity index (χ0n) is 11.1. The van der Waals surface area contributed by atoms with Gasteiger partial charge in [-0.2, -0.15) is 0 Å². The molecular weight excluding hydrogens is 214 g/mol. The fourth-order valence-corrected chi connectivity index (χ4v) is 1.73. The van der Waals surface area contributed by atoms with Gasteiger partial charge in [0, 0.05) is 12.6 Å². The number of hydrogen-bond donors (Lipinski definition) is 2. The number of nitrogens with one attached hydrogen (secondary N) is 1. The first kappa shape index (κ1) is 14.0. The number of aliphatic hydroxyl groups is 1. The molecule has 0 heterocycles. The lowest BCUT2D eigenvalue weighted by Crippen LogP contribution is -2.35. The standard InChI is InChI=1S/C14H23NO2/c1-10(16)9-15-12(3)11(2)13-5-7-14(17-4)8-6-13/h5-8,10-12,15-16H,9H2,1-4H3. The monoisotopic (exact) mass is 237 g/mol. The predicted octanol–water partition coefficient (Wildman–Crippen LogP) is 2.16. The van der Waals surface area contributed by atoms with E-state index >= 15 is 0 Å². The predicted molar refractivity (Wildman–Crippen MR) is 70.6 cm³/mol. The van der Waals surface area contributed by atoms with E-state index in [2.05, 4.69) is 31.3 Å². The van der Waals surface area contributed by atoms with E-state index in [1.807, 2.05) is 12.1 Å². The number of ether oxygens (including phenoxy) is 1. The minimum absolute atomic E-state index is 0.305. The van der Waals surface area contributed by atoms with Gasteiger partial charge in [-0.25, -0.2) is 0 Å². The summed E-state index contributed by atoms with van der Waals surface area (Å²) < 4.78 is 5.14. The first-order valence-electron chi connectivity index (χ1n) is 6.10. The average molecular weight is 237 g/mol. The van der Waals surface area contributed by atoms with Gasteiger partial charge >= 0.3 is 0 Å². The third-order valence-corrected chi connectivity index (χ3v) is 3.13. The zero-order valence-corrected chi connectivity index (χ0v) is 11.1. The lowest BCUT2D eigenvalue weighted by Gasteiger charge is -2.22. The molecule has 0 aliphatic heterocycles. The Kier molecular flexibility index (Phi) is 5.45. The Morgan fingerprint density at radius 3 is 2.24 bits per heavy atom. The molecule has 0 saturated heterocycles. The van der Waals surface area contributed by atoms with Crippen molar-refractivity contribution in [2.75, 3.05) is 13.7 Å². The van der Waals surface area contributed by atoms with Crippen molar-refractivity contribution < 1.29 is 9.84 Å². The van der Waals surface area contributed by atoms with Crippen LogP contribution in [0.15, 0.2) is 24.3 Å². The van der Waals surface area contributed by atoms with Crippen LogP contribution in [0.5, 0.6) is 5.75 Å². The maximum atomic E-state index is 9.24. The van der Waals surface area contributed by atoms with Gasteiger partial charge in [0.05, 0.1) is 13.2 Å². The lowest BCUT2D eigenvalue weighted by molar-refractivity contribution is 0.185. The second-order valence-corrected chi connectivity index (χ2v) is 4.61. The molecule has 0 bridgehead atoms. The molecule has 0 amide bonds. The number of hydrogen-bond acceptors (Lipinski definition) is 3. The first-order chi connectivity index (χ1) is 8.04. The van der Waals surface area contributed by atoms with Gasteiger partial charge in [0.25, 0.3) is 0 Å². The Hall–Kier alpha value is -1.06. The molecule has 3 nitrogen and oxygen atoms in total. The third-order valence-electron chi connectivity index (χ3n) is 3.13. The Bertz CT molecular complexity index is 321. The van der Waals surface area contributed by atoms with Crippen molar-refractivity contribution in [3.8, 4) is 5.75 Å². The molecule has 0 radical (unpaired) electrons. The number of rotatable bonds is 6. The van der Waals surface area contributed by atoms with Crippen LogP contribution in [0, 0.1) is 0 Å². The summed E-state index contributed by atoms with van der Waals surface area (Å²) in [4.78, 5) is 0. The van der Waals surface area contributed by atoms with Crippen LogP contribution in [0.3, 0.4) is 0 Å². The molecule has 2 N–H and O–H groups in total. The second-order valence-electron chi connectivity index (χ2n) is 4.61. The first-order valence-corrected chi connectivity index (χ1v) is 6.10. The smallest absolute Gasteiger partial charge is 0.118 e. The molecule has 17 heavy (non-hydrogen) atoms. The van der Waals surface area contributed by atoms with Crippen LogP contribution in [-0.4, -0.2) is 30.9 Å². The molecule has 0 saturated carbocycles. The van der Waals surface area contributed by atoms with Gasteiger partial charge in [-0.1, -0.05) is 19.1 Å². The van der Waals surface area contributed by atoms with E-state index in [9.17, 15) is 5.11 Å². The van der Waals surface area contributed by atoms with E-state index in [1.54, 1.807) is 14.0 Å². The highest BCUT2D eigenvalue weighted by Crippen LogP contribution is 2.21. The Morgan fingerprint density at radius 1 is 1.18 bits per heavy atom. The molecule has 3 atom stereocenters. The van der Waals surface area contributed by atoms with Crippen LogP contribution in [0.1, 0.15) is 32.3 Å². The molecule has 0 aliphatic carbocycles. The molecule has 0 spiro atoms. The molecule has 0 aliphatic rings. The van der Waals surface area contributed by atoms with Crippen LogP contribution < -0.4 is 10.1 Å². The molecule has 0 fully saturated rings. The molecule has 3 unspecified atom stereocenters. The number of benzene rings is 1. The van der Waals surface area contributed by atoms with E-state index < -0.39 is 0 Å². The quantitative estimate of drug-likeness (QED) is 0.796. The summed E-state index contributed by atoms with van der Waals surface area (Å²) in [5, 5.41) is 12.6. The minimum atomic E-state index is -0.305. The lowest BCUT2D eigenvalue weighted by atomic mass is 9.94. The maximum absolute atomic E-state index is 9.24. The van der Waals surface area contributed by atoms with Gasteiger partial charge in [-0.15, -0.1) is 0 Å². The van der Waals surface area contributed by atoms with Crippen molar-refractivity contribution in [1.29, 1.82) is 0 Å². The van der Waals surface area contributed by atoms with Crippen LogP contribution in [0.2, 0.25) is 0 Å². The summed E-state index contributed by atoms with van der Waals surface area (Å²) >= 11 is 0. The molecule has 3 heteroatoms. The van der Waals surface area contributed by atoms with Crippen molar-refractivity contribution in [3.05, 3.63) is 29.8 Å². The Balaban J connectivity index is 2.58. The molecule has 1 aromatic rings. The fraction of sp³-hybridized carbons (Fsp3) is 0.571. The molecule has 96 valence electrons. The van der Waals surface area contributed by atoms with Crippen LogP contribution >= 0.6 is 0 Å². The normalized spacial score (nSPS) is 16.3. The molecule has 0 aromatic heterocycles. The van der Waals surface area contributed by atoms with Crippen molar-refractivity contribution in [3.63, 3.8) is 0 Å².